The molecule has 2 aromatic rings. The monoisotopic (exact) mass is 449 g/mol. The molecule has 0 aromatic heterocycles. The molecule has 0 unspecified atom stereocenters. The van der Waals surface area contributed by atoms with Crippen molar-refractivity contribution in [2.45, 2.75) is 13.5 Å². The molecule has 9 heteroatoms. The van der Waals surface area contributed by atoms with Crippen molar-refractivity contribution in [2.75, 3.05) is 19.0 Å². The average Bonchev–Trinajstić information content (AvgIpc) is 2.78. The van der Waals surface area contributed by atoms with Crippen molar-refractivity contribution < 1.29 is 28.7 Å². The zero-order chi connectivity index (χ0) is 24.0. The summed E-state index contributed by atoms with van der Waals surface area (Å²) < 4.78 is 11.2. The predicted octanol–water partition coefficient (Wildman–Crippen LogP) is 2.88. The van der Waals surface area contributed by atoms with Crippen LogP contribution in [0.4, 0.5) is 10.5 Å². The smallest absolute Gasteiger partial charge is 0.331 e. The number of urea groups is 1. The third-order valence-electron chi connectivity index (χ3n) is 4.68. The van der Waals surface area contributed by atoms with Gasteiger partial charge in [-0.2, -0.15) is 0 Å². The van der Waals surface area contributed by atoms with Gasteiger partial charge in [-0.05, 0) is 48.0 Å². The van der Waals surface area contributed by atoms with E-state index in [1.54, 1.807) is 42.5 Å². The molecule has 1 aliphatic rings. The van der Waals surface area contributed by atoms with Gasteiger partial charge in [0.25, 0.3) is 11.8 Å². The molecule has 0 saturated carbocycles. The van der Waals surface area contributed by atoms with Crippen LogP contribution in [0.3, 0.4) is 0 Å². The summed E-state index contributed by atoms with van der Waals surface area (Å²) in [6, 6.07) is 11.2. The van der Waals surface area contributed by atoms with Gasteiger partial charge in [0.1, 0.15) is 23.7 Å². The van der Waals surface area contributed by atoms with Crippen LogP contribution in [0.15, 0.2) is 60.7 Å². The van der Waals surface area contributed by atoms with Crippen molar-refractivity contribution in [3.05, 3.63) is 71.8 Å². The first-order chi connectivity index (χ1) is 15.8. The van der Waals surface area contributed by atoms with Gasteiger partial charge in [-0.25, -0.2) is 4.79 Å². The van der Waals surface area contributed by atoms with Crippen molar-refractivity contribution in [3.8, 4) is 11.5 Å². The normalized spacial score (nSPS) is 14.7. The van der Waals surface area contributed by atoms with Crippen LogP contribution in [-0.2, 0) is 21.0 Å². The molecule has 33 heavy (non-hydrogen) atoms. The number of imide groups is 2. The quantitative estimate of drug-likeness (QED) is 0.364. The largest absolute Gasteiger partial charge is 0.496 e. The minimum Gasteiger partial charge on any atom is -0.496 e. The minimum atomic E-state index is -0.782. The highest BCUT2D eigenvalue weighted by Crippen LogP contribution is 2.25. The molecule has 5 amide bonds. The Labute approximate surface area is 190 Å². The fourth-order valence-corrected chi connectivity index (χ4v) is 3.16. The van der Waals surface area contributed by atoms with E-state index >= 15 is 0 Å². The summed E-state index contributed by atoms with van der Waals surface area (Å²) in [5.74, 6) is -0.485. The van der Waals surface area contributed by atoms with E-state index in [2.05, 4.69) is 17.2 Å². The number of methoxy groups -OCH3 is 1. The van der Waals surface area contributed by atoms with E-state index in [9.17, 15) is 19.2 Å². The van der Waals surface area contributed by atoms with Gasteiger partial charge in [0.05, 0.1) is 7.11 Å². The number of carbonyl (C=O) groups excluding carboxylic acids is 4. The van der Waals surface area contributed by atoms with Crippen LogP contribution in [0.1, 0.15) is 18.1 Å². The van der Waals surface area contributed by atoms with Crippen LogP contribution in [0.25, 0.3) is 6.08 Å². The SMILES string of the molecule is C=CCN1C(=O)NC(=O)C(=Cc2ccc(OC)c(COc3ccc(NC(C)=O)cc3)c2)C1=O. The van der Waals surface area contributed by atoms with E-state index in [1.165, 1.54) is 26.2 Å². The van der Waals surface area contributed by atoms with Crippen LogP contribution in [0.2, 0.25) is 0 Å². The third kappa shape index (κ3) is 5.65. The summed E-state index contributed by atoms with van der Waals surface area (Å²) in [5.41, 5.74) is 1.73. The number of benzene rings is 2. The summed E-state index contributed by atoms with van der Waals surface area (Å²) in [7, 11) is 1.52. The first kappa shape index (κ1) is 23.3. The second-order valence-corrected chi connectivity index (χ2v) is 7.09. The van der Waals surface area contributed by atoms with Crippen LogP contribution >= 0.6 is 0 Å². The highest BCUT2D eigenvalue weighted by atomic mass is 16.5. The first-order valence-electron chi connectivity index (χ1n) is 9.99. The van der Waals surface area contributed by atoms with E-state index in [0.717, 1.165) is 4.90 Å². The molecule has 0 aliphatic carbocycles. The Kier molecular flexibility index (Phi) is 7.24. The zero-order valence-corrected chi connectivity index (χ0v) is 18.2. The number of rotatable bonds is 8. The lowest BCUT2D eigenvalue weighted by molar-refractivity contribution is -0.129. The maximum absolute atomic E-state index is 12.6. The van der Waals surface area contributed by atoms with E-state index in [4.69, 9.17) is 9.47 Å². The molecular formula is C24H23N3O6. The van der Waals surface area contributed by atoms with Crippen molar-refractivity contribution >= 4 is 35.5 Å². The number of carbonyl (C=O) groups is 4. The van der Waals surface area contributed by atoms with E-state index in [1.807, 2.05) is 0 Å². The van der Waals surface area contributed by atoms with Gasteiger partial charge >= 0.3 is 6.03 Å². The summed E-state index contributed by atoms with van der Waals surface area (Å²) in [6.07, 6.45) is 2.81. The fraction of sp³-hybridized carbons (Fsp3) is 0.167. The molecule has 1 aliphatic heterocycles. The number of nitrogens with zero attached hydrogens (tertiary/aromatic N) is 1. The Morgan fingerprint density at radius 1 is 1.15 bits per heavy atom. The van der Waals surface area contributed by atoms with E-state index in [-0.39, 0.29) is 24.6 Å². The molecule has 1 saturated heterocycles. The first-order valence-corrected chi connectivity index (χ1v) is 9.99. The molecule has 0 bridgehead atoms. The Morgan fingerprint density at radius 2 is 1.88 bits per heavy atom. The fourth-order valence-electron chi connectivity index (χ4n) is 3.16. The molecule has 3 rings (SSSR count). The zero-order valence-electron chi connectivity index (χ0n) is 18.2. The number of barbiturate groups is 1. The lowest BCUT2D eigenvalue weighted by Gasteiger charge is -2.25. The van der Waals surface area contributed by atoms with Gasteiger partial charge in [-0.15, -0.1) is 6.58 Å². The molecule has 2 aromatic carbocycles. The number of anilines is 1. The van der Waals surface area contributed by atoms with Crippen molar-refractivity contribution in [3.63, 3.8) is 0 Å². The molecule has 170 valence electrons. The lowest BCUT2D eigenvalue weighted by atomic mass is 10.0. The second kappa shape index (κ2) is 10.3. The van der Waals surface area contributed by atoms with E-state index in [0.29, 0.717) is 28.3 Å². The Morgan fingerprint density at radius 3 is 2.52 bits per heavy atom. The van der Waals surface area contributed by atoms with E-state index < -0.39 is 17.8 Å². The van der Waals surface area contributed by atoms with Gasteiger partial charge in [0.2, 0.25) is 5.91 Å². The highest BCUT2D eigenvalue weighted by Gasteiger charge is 2.34. The van der Waals surface area contributed by atoms with Gasteiger partial charge < -0.3 is 14.8 Å². The minimum absolute atomic E-state index is 0.0162. The summed E-state index contributed by atoms with van der Waals surface area (Å²) in [6.45, 7) is 5.09. The number of hydrogen-bond acceptors (Lipinski definition) is 6. The molecule has 0 spiro atoms. The van der Waals surface area contributed by atoms with Crippen LogP contribution < -0.4 is 20.1 Å². The number of nitrogens with one attached hydrogen (secondary N) is 2. The highest BCUT2D eigenvalue weighted by molar-refractivity contribution is 6.31. The molecule has 0 atom stereocenters. The van der Waals surface area contributed by atoms with Gasteiger partial charge in [0.15, 0.2) is 0 Å². The Hall–Kier alpha value is -4.40. The van der Waals surface area contributed by atoms with Gasteiger partial charge in [-0.3, -0.25) is 24.6 Å². The Balaban J connectivity index is 1.81. The number of ether oxygens (including phenoxy) is 2. The predicted molar refractivity (Wildman–Crippen MR) is 121 cm³/mol. The standard InChI is InChI=1S/C24H23N3O6/c1-4-11-27-23(30)20(22(29)26-24(27)31)13-16-5-10-21(32-3)17(12-16)14-33-19-8-6-18(7-9-19)25-15(2)28/h4-10,12-13H,1,11,14H2,2-3H3,(H,25,28)(H,26,29,31). The lowest BCUT2D eigenvalue weighted by Crippen LogP contribution is -2.54. The van der Waals surface area contributed by atoms with Crippen LogP contribution in [0, 0.1) is 0 Å². The summed E-state index contributed by atoms with van der Waals surface area (Å²) >= 11 is 0. The van der Waals surface area contributed by atoms with Crippen LogP contribution in [-0.4, -0.2) is 42.3 Å². The topological polar surface area (TPSA) is 114 Å². The molecule has 2 N–H and O–H groups in total. The second-order valence-electron chi connectivity index (χ2n) is 7.09. The van der Waals surface area contributed by atoms with Crippen molar-refractivity contribution in [2.24, 2.45) is 0 Å². The van der Waals surface area contributed by atoms with Gasteiger partial charge in [0, 0.05) is 24.7 Å². The van der Waals surface area contributed by atoms with Gasteiger partial charge in [-0.1, -0.05) is 12.1 Å². The molecular weight excluding hydrogens is 426 g/mol. The van der Waals surface area contributed by atoms with Crippen molar-refractivity contribution in [1.82, 2.24) is 10.2 Å². The van der Waals surface area contributed by atoms with Crippen LogP contribution in [0.5, 0.6) is 11.5 Å². The molecule has 1 heterocycles. The maximum Gasteiger partial charge on any atom is 0.331 e. The Bertz CT molecular complexity index is 1140. The summed E-state index contributed by atoms with van der Waals surface area (Å²) in [5, 5.41) is 4.83. The summed E-state index contributed by atoms with van der Waals surface area (Å²) in [4.78, 5) is 48.8. The molecule has 1 fully saturated rings. The maximum atomic E-state index is 12.6. The third-order valence-corrected chi connectivity index (χ3v) is 4.68. The number of amides is 5. The number of hydrogen-bond donors (Lipinski definition) is 2. The molecule has 9 nitrogen and oxygen atoms in total. The average molecular weight is 449 g/mol. The molecule has 0 radical (unpaired) electrons. The van der Waals surface area contributed by atoms with Crippen molar-refractivity contribution in [1.29, 1.82) is 0 Å².